The number of aromatic amines is 1. The van der Waals surface area contributed by atoms with Crippen LogP contribution in [0.15, 0.2) is 24.5 Å². The Balaban J connectivity index is 0.000000405. The van der Waals surface area contributed by atoms with Crippen molar-refractivity contribution < 1.29 is 37.4 Å². The van der Waals surface area contributed by atoms with Crippen LogP contribution in [-0.4, -0.2) is 112 Å². The molecule has 0 aromatic carbocycles. The summed E-state index contributed by atoms with van der Waals surface area (Å²) in [5, 5.41) is 7.97. The normalized spacial score (nSPS) is 20.5. The summed E-state index contributed by atoms with van der Waals surface area (Å²) in [4.78, 5) is 48.5. The number of halogens is 3. The van der Waals surface area contributed by atoms with Gasteiger partial charge in [-0.2, -0.15) is 13.2 Å². The van der Waals surface area contributed by atoms with Gasteiger partial charge in [-0.05, 0) is 51.9 Å². The SMILES string of the molecule is CN(C)C1(C(=O)N2CCC3(CC2)CN(C(=O)c2ccnc4[nH]ccc24)CCO3)CC1.O=C(O)C(F)(F)F. The lowest BCUT2D eigenvalue weighted by Gasteiger charge is -2.48. The zero-order valence-electron chi connectivity index (χ0n) is 20.7. The summed E-state index contributed by atoms with van der Waals surface area (Å²) < 4.78 is 37.9. The highest BCUT2D eigenvalue weighted by molar-refractivity contribution is 6.05. The van der Waals surface area contributed by atoms with Gasteiger partial charge in [0.1, 0.15) is 11.2 Å². The maximum atomic E-state index is 13.3. The smallest absolute Gasteiger partial charge is 0.475 e. The second-order valence-electron chi connectivity index (χ2n) is 9.88. The van der Waals surface area contributed by atoms with E-state index in [1.165, 1.54) is 0 Å². The van der Waals surface area contributed by atoms with E-state index in [1.54, 1.807) is 12.3 Å². The summed E-state index contributed by atoms with van der Waals surface area (Å²) in [7, 11) is 3.98. The number of carboxylic acids is 1. The summed E-state index contributed by atoms with van der Waals surface area (Å²) >= 11 is 0. The van der Waals surface area contributed by atoms with Crippen molar-refractivity contribution in [1.29, 1.82) is 0 Å². The van der Waals surface area contributed by atoms with Crippen LogP contribution in [0.1, 0.15) is 36.0 Å². The Labute approximate surface area is 211 Å². The van der Waals surface area contributed by atoms with Crippen molar-refractivity contribution in [3.05, 3.63) is 30.1 Å². The number of amides is 2. The van der Waals surface area contributed by atoms with Gasteiger partial charge in [-0.25, -0.2) is 9.78 Å². The summed E-state index contributed by atoms with van der Waals surface area (Å²) in [6, 6.07) is 3.69. The quantitative estimate of drug-likeness (QED) is 0.630. The number of pyridine rings is 1. The van der Waals surface area contributed by atoms with Gasteiger partial charge in [-0.3, -0.25) is 14.5 Å². The molecule has 3 fully saturated rings. The Morgan fingerprint density at radius 3 is 2.30 bits per heavy atom. The van der Waals surface area contributed by atoms with Crippen molar-refractivity contribution in [3.63, 3.8) is 0 Å². The van der Waals surface area contributed by atoms with Gasteiger partial charge < -0.3 is 24.6 Å². The van der Waals surface area contributed by atoms with Gasteiger partial charge in [-0.15, -0.1) is 0 Å². The number of rotatable bonds is 3. The van der Waals surface area contributed by atoms with E-state index in [0.29, 0.717) is 38.3 Å². The van der Waals surface area contributed by atoms with Gasteiger partial charge in [-0.1, -0.05) is 0 Å². The predicted molar refractivity (Wildman–Crippen MR) is 126 cm³/mol. The number of carbonyl (C=O) groups is 3. The molecule has 2 aromatic rings. The number of nitrogens with zero attached hydrogens (tertiary/aromatic N) is 4. The van der Waals surface area contributed by atoms with Crippen LogP contribution in [0.4, 0.5) is 13.2 Å². The lowest BCUT2D eigenvalue weighted by molar-refractivity contribution is -0.192. The van der Waals surface area contributed by atoms with Crippen molar-refractivity contribution in [1.82, 2.24) is 24.7 Å². The summed E-state index contributed by atoms with van der Waals surface area (Å²) in [6.07, 6.45) is 1.81. The van der Waals surface area contributed by atoms with E-state index in [1.807, 2.05) is 36.2 Å². The van der Waals surface area contributed by atoms with Crippen LogP contribution in [0.25, 0.3) is 11.0 Å². The van der Waals surface area contributed by atoms with Crippen LogP contribution in [0.5, 0.6) is 0 Å². The molecule has 2 N–H and O–H groups in total. The molecule has 1 saturated carbocycles. The summed E-state index contributed by atoms with van der Waals surface area (Å²) in [5.41, 5.74) is 0.755. The zero-order chi connectivity index (χ0) is 27.0. The second-order valence-corrected chi connectivity index (χ2v) is 9.88. The van der Waals surface area contributed by atoms with E-state index in [-0.39, 0.29) is 23.0 Å². The molecule has 2 aromatic heterocycles. The number of morpholine rings is 1. The number of hydrogen-bond donors (Lipinski definition) is 2. The molecule has 0 unspecified atom stereocenters. The predicted octanol–water partition coefficient (Wildman–Crippen LogP) is 2.12. The highest BCUT2D eigenvalue weighted by atomic mass is 19.4. The molecule has 10 nitrogen and oxygen atoms in total. The average molecular weight is 526 g/mol. The summed E-state index contributed by atoms with van der Waals surface area (Å²) in [5.74, 6) is -2.49. The molecular formula is C24H30F3N5O5. The summed E-state index contributed by atoms with van der Waals surface area (Å²) in [6.45, 7) is 3.06. The third-order valence-corrected chi connectivity index (χ3v) is 7.41. The Morgan fingerprint density at radius 2 is 1.73 bits per heavy atom. The molecule has 4 heterocycles. The van der Waals surface area contributed by atoms with Crippen LogP contribution in [0.2, 0.25) is 0 Å². The van der Waals surface area contributed by atoms with Gasteiger partial charge in [0.2, 0.25) is 5.91 Å². The van der Waals surface area contributed by atoms with Crippen LogP contribution in [-0.2, 0) is 14.3 Å². The minimum absolute atomic E-state index is 0.0210. The second kappa shape index (κ2) is 9.93. The van der Waals surface area contributed by atoms with Crippen LogP contribution < -0.4 is 0 Å². The van der Waals surface area contributed by atoms with E-state index < -0.39 is 12.1 Å². The molecule has 13 heteroatoms. The monoisotopic (exact) mass is 525 g/mol. The molecule has 5 rings (SSSR count). The molecule has 2 aliphatic heterocycles. The van der Waals surface area contributed by atoms with Crippen molar-refractivity contribution in [2.75, 3.05) is 46.9 Å². The minimum Gasteiger partial charge on any atom is -0.475 e. The maximum Gasteiger partial charge on any atom is 0.490 e. The Kier molecular flexibility index (Phi) is 7.21. The standard InChI is InChI=1S/C22H29N5O3.C2HF3O2/c1-25(2)22(5-6-22)20(29)26-11-7-21(8-12-26)15-27(13-14-30-21)19(28)17-4-10-24-18-16(17)3-9-23-18;3-2(4,5)1(6)7/h3-4,9-10H,5-8,11-15H2,1-2H3,(H,23,24);(H,6,7). The first-order valence-electron chi connectivity index (χ1n) is 12.0. The topological polar surface area (TPSA) is 119 Å². The minimum atomic E-state index is -5.08. The first-order chi connectivity index (χ1) is 17.4. The largest absolute Gasteiger partial charge is 0.490 e. The highest BCUT2D eigenvalue weighted by Gasteiger charge is 2.54. The molecule has 1 spiro atoms. The molecule has 2 saturated heterocycles. The third kappa shape index (κ3) is 5.42. The number of likely N-dealkylation sites (tertiary alicyclic amines) is 1. The Bertz CT molecular complexity index is 1170. The molecular weight excluding hydrogens is 495 g/mol. The number of aliphatic carboxylic acids is 1. The maximum absolute atomic E-state index is 13.3. The molecule has 37 heavy (non-hydrogen) atoms. The van der Waals surface area contributed by atoms with Gasteiger partial charge >= 0.3 is 12.1 Å². The number of ether oxygens (including phenoxy) is 1. The number of H-pyrrole nitrogens is 1. The first-order valence-corrected chi connectivity index (χ1v) is 12.0. The number of fused-ring (bicyclic) bond motifs is 1. The van der Waals surface area contributed by atoms with Gasteiger partial charge in [0.15, 0.2) is 0 Å². The molecule has 0 atom stereocenters. The number of hydrogen-bond acceptors (Lipinski definition) is 6. The number of alkyl halides is 3. The van der Waals surface area contributed by atoms with Crippen molar-refractivity contribution in [3.8, 4) is 0 Å². The molecule has 2 amide bonds. The van der Waals surface area contributed by atoms with Gasteiger partial charge in [0.25, 0.3) is 5.91 Å². The number of likely N-dealkylation sites (N-methyl/N-ethyl adjacent to an activating group) is 1. The van der Waals surface area contributed by atoms with Gasteiger partial charge in [0, 0.05) is 37.4 Å². The highest BCUT2D eigenvalue weighted by Crippen LogP contribution is 2.43. The Morgan fingerprint density at radius 1 is 1.08 bits per heavy atom. The zero-order valence-corrected chi connectivity index (χ0v) is 20.7. The van der Waals surface area contributed by atoms with Crippen LogP contribution in [0, 0.1) is 0 Å². The number of carbonyl (C=O) groups excluding carboxylic acids is 2. The van der Waals surface area contributed by atoms with E-state index in [0.717, 1.165) is 36.7 Å². The van der Waals surface area contributed by atoms with Crippen LogP contribution in [0.3, 0.4) is 0 Å². The van der Waals surface area contributed by atoms with E-state index in [9.17, 15) is 22.8 Å². The lowest BCUT2D eigenvalue weighted by atomic mass is 9.88. The fraction of sp³-hybridized carbons (Fsp3) is 0.583. The average Bonchev–Trinajstić information content (AvgIpc) is 3.54. The number of nitrogens with one attached hydrogen (secondary N) is 1. The molecule has 3 aliphatic rings. The van der Waals surface area contributed by atoms with Crippen molar-refractivity contribution >= 4 is 28.8 Å². The number of piperidine rings is 1. The Hall–Kier alpha value is -3.19. The number of aromatic nitrogens is 2. The van der Waals surface area contributed by atoms with E-state index >= 15 is 0 Å². The van der Waals surface area contributed by atoms with Crippen molar-refractivity contribution in [2.24, 2.45) is 0 Å². The van der Waals surface area contributed by atoms with Crippen molar-refractivity contribution in [2.45, 2.75) is 43.0 Å². The number of carboxylic acid groups (broad SMARTS) is 1. The van der Waals surface area contributed by atoms with Gasteiger partial charge in [0.05, 0.1) is 24.3 Å². The molecule has 1 aliphatic carbocycles. The van der Waals surface area contributed by atoms with Crippen LogP contribution >= 0.6 is 0 Å². The molecule has 0 radical (unpaired) electrons. The third-order valence-electron chi connectivity index (χ3n) is 7.41. The van der Waals surface area contributed by atoms with E-state index in [4.69, 9.17) is 14.6 Å². The molecule has 0 bridgehead atoms. The fourth-order valence-electron chi connectivity index (χ4n) is 5.02. The molecule has 202 valence electrons. The lowest BCUT2D eigenvalue weighted by Crippen LogP contribution is -2.60. The fourth-order valence-corrected chi connectivity index (χ4v) is 5.02. The van der Waals surface area contributed by atoms with E-state index in [2.05, 4.69) is 14.9 Å². The first kappa shape index (κ1) is 26.9.